The van der Waals surface area contributed by atoms with Crippen LogP contribution in [0, 0.1) is 5.92 Å². The second kappa shape index (κ2) is 8.46. The number of nitrogens with zero attached hydrogens (tertiary/aromatic N) is 4. The molecule has 7 nitrogen and oxygen atoms in total. The lowest BCUT2D eigenvalue weighted by Gasteiger charge is -2.36. The Hall–Kier alpha value is -2.48. The fraction of sp³-hybridized carbons (Fsp3) is 0.520. The van der Waals surface area contributed by atoms with E-state index in [4.69, 9.17) is 4.74 Å². The molecular weight excluding hydrogens is 402 g/mol. The molecule has 1 atom stereocenters. The van der Waals surface area contributed by atoms with Crippen molar-refractivity contribution in [1.29, 1.82) is 0 Å². The van der Waals surface area contributed by atoms with Crippen molar-refractivity contribution in [3.8, 4) is 5.75 Å². The summed E-state index contributed by atoms with van der Waals surface area (Å²) in [7, 11) is 0. The molecule has 32 heavy (non-hydrogen) atoms. The zero-order valence-electron chi connectivity index (χ0n) is 18.6. The number of rotatable bonds is 5. The first-order chi connectivity index (χ1) is 15.7. The van der Waals surface area contributed by atoms with Crippen molar-refractivity contribution in [3.05, 3.63) is 52.8 Å². The summed E-state index contributed by atoms with van der Waals surface area (Å²) in [4.78, 5) is 20.0. The van der Waals surface area contributed by atoms with Crippen LogP contribution in [0.3, 0.4) is 0 Å². The Bertz CT molecular complexity index is 1000. The average molecular weight is 434 g/mol. The number of benzene rings is 1. The van der Waals surface area contributed by atoms with Gasteiger partial charge in [-0.1, -0.05) is 12.1 Å². The van der Waals surface area contributed by atoms with Crippen LogP contribution in [-0.2, 0) is 11.3 Å². The fourth-order valence-corrected chi connectivity index (χ4v) is 5.54. The summed E-state index contributed by atoms with van der Waals surface area (Å²) in [6.07, 6.45) is 7.42. The molecule has 0 radical (unpaired) electrons. The van der Waals surface area contributed by atoms with Gasteiger partial charge in [-0.05, 0) is 56.1 Å². The van der Waals surface area contributed by atoms with Crippen molar-refractivity contribution in [2.24, 2.45) is 11.0 Å². The van der Waals surface area contributed by atoms with E-state index < -0.39 is 0 Å². The molecule has 1 aliphatic carbocycles. The molecule has 6 rings (SSSR count). The summed E-state index contributed by atoms with van der Waals surface area (Å²) < 4.78 is 6.16. The number of hydrogen-bond donors (Lipinski definition) is 1. The van der Waals surface area contributed by atoms with Gasteiger partial charge in [-0.25, -0.2) is 5.43 Å². The van der Waals surface area contributed by atoms with E-state index in [-0.39, 0.29) is 11.8 Å². The van der Waals surface area contributed by atoms with Crippen LogP contribution in [0.2, 0.25) is 0 Å². The molecule has 7 heteroatoms. The fourth-order valence-electron chi connectivity index (χ4n) is 5.54. The van der Waals surface area contributed by atoms with Crippen LogP contribution in [0.1, 0.15) is 30.4 Å². The summed E-state index contributed by atoms with van der Waals surface area (Å²) in [6.45, 7) is 10.4. The third-order valence-electron chi connectivity index (χ3n) is 7.43. The lowest BCUT2D eigenvalue weighted by atomic mass is 9.81. The van der Waals surface area contributed by atoms with E-state index >= 15 is 0 Å². The lowest BCUT2D eigenvalue weighted by molar-refractivity contribution is -0.124. The Kier molecular flexibility index (Phi) is 5.33. The van der Waals surface area contributed by atoms with Gasteiger partial charge in [0.25, 0.3) is 0 Å². The SMILES string of the molecule is O=C1NN=C2C3=C(C=CCC13)Oc1ccc(CN3CCN(CCN4CCCC4)CC3)cc12. The molecule has 0 aromatic heterocycles. The first kappa shape index (κ1) is 20.1. The van der Waals surface area contributed by atoms with E-state index in [1.807, 2.05) is 12.2 Å². The van der Waals surface area contributed by atoms with Gasteiger partial charge >= 0.3 is 0 Å². The van der Waals surface area contributed by atoms with Crippen molar-refractivity contribution in [3.63, 3.8) is 0 Å². The van der Waals surface area contributed by atoms with Gasteiger partial charge in [-0.2, -0.15) is 5.10 Å². The van der Waals surface area contributed by atoms with Crippen LogP contribution in [0.15, 0.2) is 46.8 Å². The Labute approximate surface area is 189 Å². The van der Waals surface area contributed by atoms with Gasteiger partial charge in [-0.15, -0.1) is 0 Å². The van der Waals surface area contributed by atoms with Gasteiger partial charge in [0.1, 0.15) is 17.2 Å². The number of hydrazone groups is 1. The van der Waals surface area contributed by atoms with Crippen molar-refractivity contribution >= 4 is 11.6 Å². The van der Waals surface area contributed by atoms with Crippen LogP contribution in [0.25, 0.3) is 0 Å². The maximum atomic E-state index is 12.3. The molecule has 168 valence electrons. The summed E-state index contributed by atoms with van der Waals surface area (Å²) >= 11 is 0. The van der Waals surface area contributed by atoms with Crippen molar-refractivity contribution < 1.29 is 9.53 Å². The van der Waals surface area contributed by atoms with Crippen LogP contribution < -0.4 is 10.2 Å². The Morgan fingerprint density at radius 3 is 2.56 bits per heavy atom. The second-order valence-electron chi connectivity index (χ2n) is 9.50. The van der Waals surface area contributed by atoms with E-state index in [1.165, 1.54) is 44.6 Å². The molecule has 0 bridgehead atoms. The second-order valence-corrected chi connectivity index (χ2v) is 9.50. The smallest absolute Gasteiger partial charge is 0.248 e. The number of fused-ring (bicyclic) bond motifs is 2. The van der Waals surface area contributed by atoms with Crippen LogP contribution in [0.4, 0.5) is 0 Å². The highest BCUT2D eigenvalue weighted by atomic mass is 16.5. The summed E-state index contributed by atoms with van der Waals surface area (Å²) in [5.41, 5.74) is 6.78. The number of nitrogens with one attached hydrogen (secondary N) is 1. The molecule has 1 aromatic carbocycles. The lowest BCUT2D eigenvalue weighted by Crippen LogP contribution is -2.47. The number of amides is 1. The minimum absolute atomic E-state index is 0.0450. The van der Waals surface area contributed by atoms with E-state index in [1.54, 1.807) is 0 Å². The molecule has 0 spiro atoms. The highest BCUT2D eigenvalue weighted by molar-refractivity contribution is 6.20. The normalized spacial score (nSPS) is 25.8. The Morgan fingerprint density at radius 2 is 1.75 bits per heavy atom. The molecule has 0 saturated carbocycles. The highest BCUT2D eigenvalue weighted by Crippen LogP contribution is 2.39. The van der Waals surface area contributed by atoms with Gasteiger partial charge in [-0.3, -0.25) is 14.6 Å². The average Bonchev–Trinajstić information content (AvgIpc) is 3.34. The topological polar surface area (TPSA) is 60.4 Å². The number of ether oxygens (including phenoxy) is 1. The van der Waals surface area contributed by atoms with Crippen LogP contribution in [-0.4, -0.2) is 78.7 Å². The first-order valence-corrected chi connectivity index (χ1v) is 12.0. The molecule has 2 saturated heterocycles. The number of carbonyl (C=O) groups excluding carboxylic acids is 1. The standard InChI is InChI=1S/C25H31N5O2/c31-25-19-4-3-5-22-23(19)24(26-27-25)20-16-18(6-7-21(20)32-22)17-30-14-12-29(13-15-30)11-10-28-8-1-2-9-28/h3,5-7,16,19H,1-2,4,8-15,17H2,(H,27,31). The van der Waals surface area contributed by atoms with Gasteiger partial charge < -0.3 is 9.64 Å². The third-order valence-corrected chi connectivity index (χ3v) is 7.43. The molecule has 4 heterocycles. The highest BCUT2D eigenvalue weighted by Gasteiger charge is 2.38. The largest absolute Gasteiger partial charge is 0.456 e. The number of hydrogen-bond acceptors (Lipinski definition) is 6. The van der Waals surface area contributed by atoms with Gasteiger partial charge in [0.15, 0.2) is 0 Å². The minimum atomic E-state index is -0.201. The molecule has 1 aromatic rings. The number of likely N-dealkylation sites (tertiary alicyclic amines) is 1. The minimum Gasteiger partial charge on any atom is -0.456 e. The molecule has 2 fully saturated rings. The van der Waals surface area contributed by atoms with Crippen LogP contribution in [0.5, 0.6) is 5.75 Å². The van der Waals surface area contributed by atoms with Gasteiger partial charge in [0, 0.05) is 56.9 Å². The molecule has 5 aliphatic rings. The Morgan fingerprint density at radius 1 is 1.00 bits per heavy atom. The van der Waals surface area contributed by atoms with E-state index in [9.17, 15) is 4.79 Å². The third kappa shape index (κ3) is 3.78. The molecule has 1 N–H and O–H groups in total. The molecular formula is C25H31N5O2. The summed E-state index contributed by atoms with van der Waals surface area (Å²) in [5, 5.41) is 4.43. The maximum Gasteiger partial charge on any atom is 0.248 e. The zero-order valence-corrected chi connectivity index (χ0v) is 18.6. The predicted octanol–water partition coefficient (Wildman–Crippen LogP) is 1.96. The Balaban J connectivity index is 1.11. The maximum absolute atomic E-state index is 12.3. The summed E-state index contributed by atoms with van der Waals surface area (Å²) in [5.74, 6) is 1.34. The molecule has 1 amide bonds. The van der Waals surface area contributed by atoms with Crippen molar-refractivity contribution in [1.82, 2.24) is 20.1 Å². The van der Waals surface area contributed by atoms with Crippen molar-refractivity contribution in [2.45, 2.75) is 25.8 Å². The van der Waals surface area contributed by atoms with Gasteiger partial charge in [0.2, 0.25) is 5.91 Å². The van der Waals surface area contributed by atoms with Gasteiger partial charge in [0.05, 0.1) is 5.92 Å². The van der Waals surface area contributed by atoms with E-state index in [0.29, 0.717) is 6.42 Å². The summed E-state index contributed by atoms with van der Waals surface area (Å²) in [6, 6.07) is 6.41. The van der Waals surface area contributed by atoms with Crippen LogP contribution >= 0.6 is 0 Å². The van der Waals surface area contributed by atoms with E-state index in [2.05, 4.69) is 43.4 Å². The predicted molar refractivity (Wildman–Crippen MR) is 123 cm³/mol. The monoisotopic (exact) mass is 433 g/mol. The molecule has 4 aliphatic heterocycles. The molecule has 1 unspecified atom stereocenters. The first-order valence-electron chi connectivity index (χ1n) is 12.0. The quantitative estimate of drug-likeness (QED) is 0.769. The number of carbonyl (C=O) groups is 1. The van der Waals surface area contributed by atoms with E-state index in [0.717, 1.165) is 61.1 Å². The number of allylic oxidation sites excluding steroid dienone is 2. The van der Waals surface area contributed by atoms with Crippen molar-refractivity contribution in [2.75, 3.05) is 52.4 Å². The zero-order chi connectivity index (χ0) is 21.5. The number of piperazine rings is 1.